The fourth-order valence-electron chi connectivity index (χ4n) is 5.40. The predicted octanol–water partition coefficient (Wildman–Crippen LogP) is 7.53. The van der Waals surface area contributed by atoms with Crippen molar-refractivity contribution >= 4 is 40.9 Å². The molecule has 0 radical (unpaired) electrons. The number of alkyl halides is 3. The molecule has 4 aromatic rings. The van der Waals surface area contributed by atoms with Crippen LogP contribution < -0.4 is 20.3 Å². The first kappa shape index (κ1) is 35.3. The Bertz CT molecular complexity index is 1800. The van der Waals surface area contributed by atoms with Gasteiger partial charge in [0.05, 0.1) is 17.8 Å². The number of hydrogen-bond acceptors (Lipinski definition) is 7. The Morgan fingerprint density at radius 2 is 1.63 bits per heavy atom. The molecule has 1 aliphatic rings. The van der Waals surface area contributed by atoms with Gasteiger partial charge in [-0.25, -0.2) is 0 Å². The van der Waals surface area contributed by atoms with Crippen molar-refractivity contribution in [1.29, 1.82) is 0 Å². The highest BCUT2D eigenvalue weighted by Crippen LogP contribution is 2.33. The van der Waals surface area contributed by atoms with E-state index >= 15 is 0 Å². The SMILES string of the molecule is O=C(O)CCSCc1cccc(C(=O)Nc2ccc(N3CCCCC3)cc2-c2cc(C(=O)NCc3cccc(OC(F)(F)F)c3)ccn2)c1. The Morgan fingerprint density at radius 3 is 2.41 bits per heavy atom. The molecule has 0 spiro atoms. The molecule has 2 amide bonds. The fraction of sp³-hybridized carbons (Fsp3) is 0.278. The summed E-state index contributed by atoms with van der Waals surface area (Å²) in [6.45, 7) is 1.76. The van der Waals surface area contributed by atoms with E-state index in [-0.39, 0.29) is 30.2 Å². The molecule has 3 aromatic carbocycles. The van der Waals surface area contributed by atoms with E-state index in [1.165, 1.54) is 42.2 Å². The number of aliphatic carboxylic acids is 1. The summed E-state index contributed by atoms with van der Waals surface area (Å²) in [5.41, 5.74) is 4.56. The number of amides is 2. The minimum atomic E-state index is -4.83. The summed E-state index contributed by atoms with van der Waals surface area (Å²) in [6.07, 6.45) is 0.0225. The molecule has 0 atom stereocenters. The predicted molar refractivity (Wildman–Crippen MR) is 183 cm³/mol. The normalized spacial score (nSPS) is 13.1. The molecular formula is C36H35F3N4O5S. The largest absolute Gasteiger partial charge is 0.573 e. The molecule has 5 rings (SSSR count). The summed E-state index contributed by atoms with van der Waals surface area (Å²) >= 11 is 1.48. The van der Waals surface area contributed by atoms with E-state index in [1.807, 2.05) is 24.3 Å². The Kier molecular flexibility index (Phi) is 11.8. The summed E-state index contributed by atoms with van der Waals surface area (Å²) in [5.74, 6) is -0.998. The molecule has 0 bridgehead atoms. The van der Waals surface area contributed by atoms with Gasteiger partial charge in [-0.15, -0.1) is 13.2 Å². The van der Waals surface area contributed by atoms with Gasteiger partial charge in [0.25, 0.3) is 11.8 Å². The van der Waals surface area contributed by atoms with Crippen molar-refractivity contribution in [2.75, 3.05) is 29.1 Å². The Morgan fingerprint density at radius 1 is 0.878 bits per heavy atom. The molecule has 13 heteroatoms. The van der Waals surface area contributed by atoms with Crippen molar-refractivity contribution in [2.24, 2.45) is 0 Å². The number of halogens is 3. The third-order valence-electron chi connectivity index (χ3n) is 7.77. The van der Waals surface area contributed by atoms with Crippen molar-refractivity contribution in [3.8, 4) is 17.0 Å². The number of anilines is 2. The van der Waals surface area contributed by atoms with E-state index in [1.54, 1.807) is 30.3 Å². The first-order valence-corrected chi connectivity index (χ1v) is 16.9. The lowest BCUT2D eigenvalue weighted by Crippen LogP contribution is -2.29. The molecule has 3 N–H and O–H groups in total. The van der Waals surface area contributed by atoms with E-state index in [4.69, 9.17) is 5.11 Å². The number of pyridine rings is 1. The van der Waals surface area contributed by atoms with Crippen LogP contribution in [-0.4, -0.2) is 53.1 Å². The zero-order valence-electron chi connectivity index (χ0n) is 26.5. The van der Waals surface area contributed by atoms with Crippen molar-refractivity contribution in [3.05, 3.63) is 107 Å². The number of carbonyl (C=O) groups is 3. The second-order valence-electron chi connectivity index (χ2n) is 11.4. The van der Waals surface area contributed by atoms with Gasteiger partial charge >= 0.3 is 12.3 Å². The van der Waals surface area contributed by atoms with Gasteiger partial charge in [-0.2, -0.15) is 11.8 Å². The highest BCUT2D eigenvalue weighted by Gasteiger charge is 2.31. The minimum absolute atomic E-state index is 0.0333. The molecule has 256 valence electrons. The molecule has 2 heterocycles. The first-order valence-electron chi connectivity index (χ1n) is 15.7. The second-order valence-corrected chi connectivity index (χ2v) is 12.5. The van der Waals surface area contributed by atoms with Crippen molar-refractivity contribution < 1.29 is 37.4 Å². The Hall–Kier alpha value is -5.04. The summed E-state index contributed by atoms with van der Waals surface area (Å²) in [7, 11) is 0. The number of carboxylic acid groups (broad SMARTS) is 1. The van der Waals surface area contributed by atoms with Crippen LogP contribution >= 0.6 is 11.8 Å². The van der Waals surface area contributed by atoms with Crippen LogP contribution in [0.15, 0.2) is 85.1 Å². The van der Waals surface area contributed by atoms with Gasteiger partial charge in [0.2, 0.25) is 0 Å². The number of benzene rings is 3. The fourth-order valence-corrected chi connectivity index (χ4v) is 6.28. The molecule has 49 heavy (non-hydrogen) atoms. The van der Waals surface area contributed by atoms with Crippen LogP contribution in [0.4, 0.5) is 24.5 Å². The second kappa shape index (κ2) is 16.4. The maximum atomic E-state index is 13.5. The van der Waals surface area contributed by atoms with Crippen molar-refractivity contribution in [2.45, 2.75) is 44.3 Å². The number of nitrogens with zero attached hydrogens (tertiary/aromatic N) is 2. The number of hydrogen-bond donors (Lipinski definition) is 3. The monoisotopic (exact) mass is 692 g/mol. The zero-order valence-corrected chi connectivity index (χ0v) is 27.3. The number of thioether (sulfide) groups is 1. The number of ether oxygens (including phenoxy) is 1. The average Bonchev–Trinajstić information content (AvgIpc) is 3.09. The minimum Gasteiger partial charge on any atom is -0.481 e. The Balaban J connectivity index is 1.36. The maximum absolute atomic E-state index is 13.5. The Labute approximate surface area is 285 Å². The van der Waals surface area contributed by atoms with Gasteiger partial charge in [-0.05, 0) is 85.0 Å². The zero-order chi connectivity index (χ0) is 34.8. The summed E-state index contributed by atoms with van der Waals surface area (Å²) in [5, 5.41) is 14.6. The highest BCUT2D eigenvalue weighted by atomic mass is 32.2. The number of nitrogens with one attached hydrogen (secondary N) is 2. The lowest BCUT2D eigenvalue weighted by atomic mass is 10.0. The number of carboxylic acids is 1. The molecule has 1 aliphatic heterocycles. The quantitative estimate of drug-likeness (QED) is 0.123. The molecule has 1 fully saturated rings. The summed E-state index contributed by atoms with van der Waals surface area (Å²) in [4.78, 5) is 44.3. The molecule has 0 saturated carbocycles. The number of carbonyl (C=O) groups excluding carboxylic acids is 2. The van der Waals surface area contributed by atoms with Crippen LogP contribution in [0.3, 0.4) is 0 Å². The third kappa shape index (κ3) is 10.5. The van der Waals surface area contributed by atoms with Crippen molar-refractivity contribution in [3.63, 3.8) is 0 Å². The van der Waals surface area contributed by atoms with Crippen LogP contribution in [0.5, 0.6) is 5.75 Å². The summed E-state index contributed by atoms with van der Waals surface area (Å²) < 4.78 is 41.9. The topological polar surface area (TPSA) is 121 Å². The third-order valence-corrected chi connectivity index (χ3v) is 8.80. The lowest BCUT2D eigenvalue weighted by Gasteiger charge is -2.29. The van der Waals surface area contributed by atoms with Crippen LogP contribution in [0, 0.1) is 0 Å². The van der Waals surface area contributed by atoms with Crippen molar-refractivity contribution in [1.82, 2.24) is 10.3 Å². The van der Waals surface area contributed by atoms with Gasteiger partial charge in [0.15, 0.2) is 0 Å². The van der Waals surface area contributed by atoms with E-state index < -0.39 is 18.2 Å². The highest BCUT2D eigenvalue weighted by molar-refractivity contribution is 7.98. The van der Waals surface area contributed by atoms with Gasteiger partial charge in [0.1, 0.15) is 5.75 Å². The van der Waals surface area contributed by atoms with E-state index in [0.717, 1.165) is 43.6 Å². The molecule has 0 aliphatic carbocycles. The lowest BCUT2D eigenvalue weighted by molar-refractivity contribution is -0.274. The number of aromatic nitrogens is 1. The van der Waals surface area contributed by atoms with Crippen LogP contribution in [0.2, 0.25) is 0 Å². The standard InChI is InChI=1S/C36H35F3N4O5S/c37-36(38,39)48-29-9-5-6-24(19-29)22-41-34(46)27-12-14-40-32(20-27)30-21-28(43-15-2-1-3-16-43)10-11-31(30)42-35(47)26-8-4-7-25(18-26)23-49-17-13-33(44)45/h4-12,14,18-21H,1-3,13,15-17,22-23H2,(H,41,46)(H,42,47)(H,44,45). The number of rotatable bonds is 13. The van der Waals surface area contributed by atoms with Gasteiger partial charge in [0, 0.05) is 59.7 Å². The molecule has 9 nitrogen and oxygen atoms in total. The number of piperidine rings is 1. The average molecular weight is 693 g/mol. The van der Waals surface area contributed by atoms with Crippen LogP contribution in [0.25, 0.3) is 11.3 Å². The maximum Gasteiger partial charge on any atom is 0.573 e. The molecule has 1 aromatic heterocycles. The van der Waals surface area contributed by atoms with Gasteiger partial charge in [-0.1, -0.05) is 24.3 Å². The molecule has 1 saturated heterocycles. The molecule has 0 unspecified atom stereocenters. The van der Waals surface area contributed by atoms with E-state index in [2.05, 4.69) is 25.3 Å². The van der Waals surface area contributed by atoms with Gasteiger partial charge < -0.3 is 25.4 Å². The van der Waals surface area contributed by atoms with E-state index in [9.17, 15) is 27.6 Å². The van der Waals surface area contributed by atoms with E-state index in [0.29, 0.717) is 39.6 Å². The smallest absolute Gasteiger partial charge is 0.481 e. The van der Waals surface area contributed by atoms with Crippen LogP contribution in [0.1, 0.15) is 57.5 Å². The van der Waals surface area contributed by atoms with Gasteiger partial charge in [-0.3, -0.25) is 19.4 Å². The summed E-state index contributed by atoms with van der Waals surface area (Å²) in [6, 6.07) is 21.4. The first-order chi connectivity index (χ1) is 23.5. The molecular weight excluding hydrogens is 657 g/mol. The van der Waals surface area contributed by atoms with Crippen LogP contribution in [-0.2, 0) is 17.1 Å².